The highest BCUT2D eigenvalue weighted by Gasteiger charge is 2.23. The molecular weight excluding hydrogens is 336 g/mol. The fraction of sp³-hybridized carbons (Fsp3) is 0.391. The van der Waals surface area contributed by atoms with Gasteiger partial charge in [0.05, 0.1) is 11.3 Å². The Morgan fingerprint density at radius 3 is 2.26 bits per heavy atom. The molecule has 0 atom stereocenters. The number of para-hydroxylation sites is 1. The third-order valence-electron chi connectivity index (χ3n) is 5.32. The Balaban J connectivity index is 1.75. The van der Waals surface area contributed by atoms with E-state index in [2.05, 4.69) is 26.1 Å². The third kappa shape index (κ3) is 4.57. The zero-order valence-corrected chi connectivity index (χ0v) is 16.4. The SMILES string of the molecule is CC1CCN(C(=O)c2ccccc2NC(=O)c2ccc(C(C)C)cc2)CC1. The maximum Gasteiger partial charge on any atom is 0.255 e. The van der Waals surface area contributed by atoms with Crippen molar-refractivity contribution < 1.29 is 9.59 Å². The lowest BCUT2D eigenvalue weighted by Gasteiger charge is -2.30. The molecule has 1 aliphatic heterocycles. The van der Waals surface area contributed by atoms with Gasteiger partial charge in [-0.05, 0) is 54.5 Å². The molecule has 0 aromatic heterocycles. The van der Waals surface area contributed by atoms with Gasteiger partial charge in [0, 0.05) is 18.7 Å². The second kappa shape index (κ2) is 8.38. The van der Waals surface area contributed by atoms with Gasteiger partial charge >= 0.3 is 0 Å². The van der Waals surface area contributed by atoms with Crippen LogP contribution in [0.4, 0.5) is 5.69 Å². The molecule has 0 spiro atoms. The van der Waals surface area contributed by atoms with Crippen molar-refractivity contribution >= 4 is 17.5 Å². The van der Waals surface area contributed by atoms with Crippen LogP contribution < -0.4 is 5.32 Å². The molecule has 2 aromatic carbocycles. The van der Waals surface area contributed by atoms with Gasteiger partial charge in [-0.25, -0.2) is 0 Å². The molecule has 1 N–H and O–H groups in total. The first-order chi connectivity index (χ1) is 13.0. The molecule has 2 aromatic rings. The molecule has 1 heterocycles. The summed E-state index contributed by atoms with van der Waals surface area (Å²) in [5, 5.41) is 2.92. The van der Waals surface area contributed by atoms with Gasteiger partial charge in [0.1, 0.15) is 0 Å². The highest BCUT2D eigenvalue weighted by atomic mass is 16.2. The fourth-order valence-electron chi connectivity index (χ4n) is 3.37. The zero-order chi connectivity index (χ0) is 19.4. The molecule has 1 aliphatic rings. The average molecular weight is 364 g/mol. The Labute approximate surface area is 161 Å². The molecule has 2 amide bonds. The van der Waals surface area contributed by atoms with Gasteiger partial charge in [0.15, 0.2) is 0 Å². The van der Waals surface area contributed by atoms with Crippen LogP contribution in [-0.2, 0) is 0 Å². The second-order valence-corrected chi connectivity index (χ2v) is 7.75. The van der Waals surface area contributed by atoms with Crippen LogP contribution in [0.1, 0.15) is 65.8 Å². The number of rotatable bonds is 4. The number of carbonyl (C=O) groups is 2. The van der Waals surface area contributed by atoms with Gasteiger partial charge in [-0.1, -0.05) is 45.0 Å². The molecule has 0 bridgehead atoms. The largest absolute Gasteiger partial charge is 0.339 e. The predicted octanol–water partition coefficient (Wildman–Crippen LogP) is 4.93. The number of carbonyl (C=O) groups excluding carboxylic acids is 2. The van der Waals surface area contributed by atoms with E-state index < -0.39 is 0 Å². The smallest absolute Gasteiger partial charge is 0.255 e. The number of hydrogen-bond donors (Lipinski definition) is 1. The Morgan fingerprint density at radius 1 is 1.00 bits per heavy atom. The summed E-state index contributed by atoms with van der Waals surface area (Å²) in [5.41, 5.74) is 2.91. The molecule has 0 radical (unpaired) electrons. The van der Waals surface area contributed by atoms with Crippen LogP contribution in [0, 0.1) is 5.92 Å². The van der Waals surface area contributed by atoms with E-state index in [0.29, 0.717) is 28.7 Å². The molecule has 0 aliphatic carbocycles. The first-order valence-electron chi connectivity index (χ1n) is 9.75. The quantitative estimate of drug-likeness (QED) is 0.836. The zero-order valence-electron chi connectivity index (χ0n) is 16.4. The van der Waals surface area contributed by atoms with Crippen molar-refractivity contribution in [2.75, 3.05) is 18.4 Å². The normalized spacial score (nSPS) is 15.0. The summed E-state index contributed by atoms with van der Waals surface area (Å²) >= 11 is 0. The summed E-state index contributed by atoms with van der Waals surface area (Å²) in [4.78, 5) is 27.5. The van der Waals surface area contributed by atoms with Crippen LogP contribution in [-0.4, -0.2) is 29.8 Å². The third-order valence-corrected chi connectivity index (χ3v) is 5.32. The van der Waals surface area contributed by atoms with Crippen LogP contribution >= 0.6 is 0 Å². The topological polar surface area (TPSA) is 49.4 Å². The molecule has 142 valence electrons. The van der Waals surface area contributed by atoms with E-state index in [1.165, 1.54) is 5.56 Å². The van der Waals surface area contributed by atoms with Crippen molar-refractivity contribution in [3.8, 4) is 0 Å². The number of nitrogens with one attached hydrogen (secondary N) is 1. The number of hydrogen-bond acceptors (Lipinski definition) is 2. The number of piperidine rings is 1. The Morgan fingerprint density at radius 2 is 1.63 bits per heavy atom. The minimum atomic E-state index is -0.196. The Kier molecular flexibility index (Phi) is 5.94. The van der Waals surface area contributed by atoms with Gasteiger partial charge in [-0.3, -0.25) is 9.59 Å². The minimum Gasteiger partial charge on any atom is -0.339 e. The number of likely N-dealkylation sites (tertiary alicyclic amines) is 1. The Hall–Kier alpha value is -2.62. The van der Waals surface area contributed by atoms with E-state index in [1.807, 2.05) is 41.3 Å². The number of benzene rings is 2. The molecule has 1 fully saturated rings. The average Bonchev–Trinajstić information content (AvgIpc) is 2.68. The second-order valence-electron chi connectivity index (χ2n) is 7.75. The molecule has 3 rings (SSSR count). The summed E-state index contributed by atoms with van der Waals surface area (Å²) < 4.78 is 0. The Bertz CT molecular complexity index is 803. The van der Waals surface area contributed by atoms with E-state index in [4.69, 9.17) is 0 Å². The summed E-state index contributed by atoms with van der Waals surface area (Å²) in [6.45, 7) is 8.02. The molecule has 4 nitrogen and oxygen atoms in total. The van der Waals surface area contributed by atoms with Crippen LogP contribution in [0.25, 0.3) is 0 Å². The number of amides is 2. The van der Waals surface area contributed by atoms with Crippen LogP contribution in [0.5, 0.6) is 0 Å². The van der Waals surface area contributed by atoms with E-state index in [1.54, 1.807) is 12.1 Å². The van der Waals surface area contributed by atoms with Crippen LogP contribution in [0.2, 0.25) is 0 Å². The molecule has 0 saturated carbocycles. The van der Waals surface area contributed by atoms with Gasteiger partial charge in [0.2, 0.25) is 0 Å². The summed E-state index contributed by atoms with van der Waals surface area (Å²) in [6, 6.07) is 14.9. The van der Waals surface area contributed by atoms with Crippen LogP contribution in [0.3, 0.4) is 0 Å². The molecule has 0 unspecified atom stereocenters. The molecule has 27 heavy (non-hydrogen) atoms. The van der Waals surface area contributed by atoms with Crippen molar-refractivity contribution in [3.63, 3.8) is 0 Å². The van der Waals surface area contributed by atoms with Crippen molar-refractivity contribution in [1.82, 2.24) is 4.90 Å². The summed E-state index contributed by atoms with van der Waals surface area (Å²) in [5.74, 6) is 0.885. The highest BCUT2D eigenvalue weighted by Crippen LogP contribution is 2.23. The monoisotopic (exact) mass is 364 g/mol. The van der Waals surface area contributed by atoms with Crippen molar-refractivity contribution in [3.05, 3.63) is 65.2 Å². The molecule has 1 saturated heterocycles. The van der Waals surface area contributed by atoms with Gasteiger partial charge in [-0.15, -0.1) is 0 Å². The van der Waals surface area contributed by atoms with Gasteiger partial charge in [-0.2, -0.15) is 0 Å². The first-order valence-corrected chi connectivity index (χ1v) is 9.75. The van der Waals surface area contributed by atoms with Gasteiger partial charge in [0.25, 0.3) is 11.8 Å². The number of nitrogens with zero attached hydrogens (tertiary/aromatic N) is 1. The predicted molar refractivity (Wildman–Crippen MR) is 109 cm³/mol. The van der Waals surface area contributed by atoms with E-state index in [9.17, 15) is 9.59 Å². The first kappa shape index (κ1) is 19.2. The molecule has 4 heteroatoms. The van der Waals surface area contributed by atoms with Gasteiger partial charge < -0.3 is 10.2 Å². The lowest BCUT2D eigenvalue weighted by atomic mass is 9.98. The van der Waals surface area contributed by atoms with Crippen molar-refractivity contribution in [2.24, 2.45) is 5.92 Å². The molecular formula is C23H28N2O2. The van der Waals surface area contributed by atoms with Crippen molar-refractivity contribution in [1.29, 1.82) is 0 Å². The fourth-order valence-corrected chi connectivity index (χ4v) is 3.37. The lowest BCUT2D eigenvalue weighted by molar-refractivity contribution is 0.0698. The maximum atomic E-state index is 12.9. The maximum absolute atomic E-state index is 12.9. The van der Waals surface area contributed by atoms with E-state index >= 15 is 0 Å². The lowest BCUT2D eigenvalue weighted by Crippen LogP contribution is -2.38. The van der Waals surface area contributed by atoms with E-state index in [-0.39, 0.29) is 11.8 Å². The van der Waals surface area contributed by atoms with Crippen LogP contribution in [0.15, 0.2) is 48.5 Å². The van der Waals surface area contributed by atoms with E-state index in [0.717, 1.165) is 25.9 Å². The highest BCUT2D eigenvalue weighted by molar-refractivity contribution is 6.09. The number of anilines is 1. The summed E-state index contributed by atoms with van der Waals surface area (Å²) in [6.07, 6.45) is 2.06. The van der Waals surface area contributed by atoms with Crippen molar-refractivity contribution in [2.45, 2.75) is 39.5 Å². The summed E-state index contributed by atoms with van der Waals surface area (Å²) in [7, 11) is 0. The standard InChI is InChI=1S/C23H28N2O2/c1-16(2)18-8-10-19(11-9-18)22(26)24-21-7-5-4-6-20(21)23(27)25-14-12-17(3)13-15-25/h4-11,16-17H,12-15H2,1-3H3,(H,24,26). The minimum absolute atomic E-state index is 0.00652.